The SMILES string of the molecule is CCC(Br)c1ccc(NC#N)cc1. The van der Waals surface area contributed by atoms with Gasteiger partial charge in [0.05, 0.1) is 0 Å². The van der Waals surface area contributed by atoms with E-state index in [9.17, 15) is 0 Å². The van der Waals surface area contributed by atoms with E-state index in [1.807, 2.05) is 30.5 Å². The molecule has 1 aromatic carbocycles. The van der Waals surface area contributed by atoms with Crippen LogP contribution in [-0.4, -0.2) is 0 Å². The molecule has 3 heteroatoms. The molecule has 0 saturated heterocycles. The highest BCUT2D eigenvalue weighted by molar-refractivity contribution is 9.09. The first-order valence-corrected chi connectivity index (χ1v) is 5.08. The highest BCUT2D eigenvalue weighted by atomic mass is 79.9. The van der Waals surface area contributed by atoms with Crippen molar-refractivity contribution in [1.82, 2.24) is 0 Å². The number of nitrogens with one attached hydrogen (secondary N) is 1. The zero-order chi connectivity index (χ0) is 9.68. The fourth-order valence-electron chi connectivity index (χ4n) is 1.08. The summed E-state index contributed by atoms with van der Waals surface area (Å²) in [6.45, 7) is 2.13. The summed E-state index contributed by atoms with van der Waals surface area (Å²) in [5.41, 5.74) is 2.08. The number of benzene rings is 1. The van der Waals surface area contributed by atoms with Crippen LogP contribution in [0, 0.1) is 11.5 Å². The lowest BCUT2D eigenvalue weighted by molar-refractivity contribution is 0.911. The van der Waals surface area contributed by atoms with Crippen molar-refractivity contribution in [2.24, 2.45) is 0 Å². The normalized spacial score (nSPS) is 11.8. The van der Waals surface area contributed by atoms with Crippen molar-refractivity contribution in [3.8, 4) is 6.19 Å². The predicted octanol–water partition coefficient (Wildman–Crippen LogP) is 3.43. The number of rotatable bonds is 3. The van der Waals surface area contributed by atoms with Gasteiger partial charge in [-0.25, -0.2) is 0 Å². The van der Waals surface area contributed by atoms with Gasteiger partial charge in [0.25, 0.3) is 0 Å². The molecule has 0 spiro atoms. The summed E-state index contributed by atoms with van der Waals surface area (Å²) in [5.74, 6) is 0. The Morgan fingerprint density at radius 1 is 1.46 bits per heavy atom. The highest BCUT2D eigenvalue weighted by Crippen LogP contribution is 2.26. The van der Waals surface area contributed by atoms with Gasteiger partial charge in [-0.1, -0.05) is 35.0 Å². The predicted molar refractivity (Wildman–Crippen MR) is 57.6 cm³/mol. The number of alkyl halides is 1. The average Bonchev–Trinajstić information content (AvgIpc) is 2.18. The second-order valence-electron chi connectivity index (χ2n) is 2.73. The largest absolute Gasteiger partial charge is 0.293 e. The van der Waals surface area contributed by atoms with Crippen molar-refractivity contribution in [1.29, 1.82) is 5.26 Å². The maximum atomic E-state index is 8.37. The third kappa shape index (κ3) is 2.74. The lowest BCUT2D eigenvalue weighted by Gasteiger charge is -2.07. The molecule has 0 bridgehead atoms. The van der Waals surface area contributed by atoms with E-state index in [1.165, 1.54) is 5.56 Å². The van der Waals surface area contributed by atoms with Gasteiger partial charge in [0.1, 0.15) is 0 Å². The molecule has 1 N–H and O–H groups in total. The van der Waals surface area contributed by atoms with Gasteiger partial charge in [-0.3, -0.25) is 5.32 Å². The van der Waals surface area contributed by atoms with E-state index >= 15 is 0 Å². The van der Waals surface area contributed by atoms with Gasteiger partial charge in [-0.15, -0.1) is 0 Å². The Hall–Kier alpha value is -1.01. The minimum atomic E-state index is 0.406. The monoisotopic (exact) mass is 238 g/mol. The van der Waals surface area contributed by atoms with Gasteiger partial charge in [0.2, 0.25) is 0 Å². The Morgan fingerprint density at radius 2 is 2.08 bits per heavy atom. The Morgan fingerprint density at radius 3 is 2.54 bits per heavy atom. The number of nitrogens with zero attached hydrogens (tertiary/aromatic N) is 1. The molecule has 0 aliphatic carbocycles. The first-order valence-electron chi connectivity index (χ1n) is 4.17. The summed E-state index contributed by atoms with van der Waals surface area (Å²) in [6, 6.07) is 7.84. The Kier molecular flexibility index (Phi) is 3.78. The fourth-order valence-corrected chi connectivity index (χ4v) is 1.38. The first-order chi connectivity index (χ1) is 6.27. The molecule has 0 aromatic heterocycles. The van der Waals surface area contributed by atoms with Crippen molar-refractivity contribution in [2.45, 2.75) is 18.2 Å². The minimum Gasteiger partial charge on any atom is -0.293 e. The highest BCUT2D eigenvalue weighted by Gasteiger charge is 2.03. The Balaban J connectivity index is 2.76. The summed E-state index contributed by atoms with van der Waals surface area (Å²) in [4.78, 5) is 0.406. The summed E-state index contributed by atoms with van der Waals surface area (Å²) in [7, 11) is 0. The molecule has 13 heavy (non-hydrogen) atoms. The topological polar surface area (TPSA) is 35.8 Å². The Bertz CT molecular complexity index is 300. The summed E-state index contributed by atoms with van der Waals surface area (Å²) < 4.78 is 0. The fraction of sp³-hybridized carbons (Fsp3) is 0.300. The number of anilines is 1. The molecule has 0 radical (unpaired) electrons. The molecule has 0 aliphatic rings. The molecule has 0 amide bonds. The van der Waals surface area contributed by atoms with Crippen LogP contribution in [0.1, 0.15) is 23.7 Å². The summed E-state index contributed by atoms with van der Waals surface area (Å²) in [5, 5.41) is 11.0. The summed E-state index contributed by atoms with van der Waals surface area (Å²) in [6.07, 6.45) is 2.95. The van der Waals surface area contributed by atoms with Crippen LogP contribution in [0.4, 0.5) is 5.69 Å². The van der Waals surface area contributed by atoms with Crippen LogP contribution in [0.3, 0.4) is 0 Å². The quantitative estimate of drug-likeness (QED) is 0.498. The molecule has 0 saturated carbocycles. The van der Waals surface area contributed by atoms with Crippen molar-refractivity contribution in [2.75, 3.05) is 5.32 Å². The van der Waals surface area contributed by atoms with E-state index < -0.39 is 0 Å². The van der Waals surface area contributed by atoms with Crippen molar-refractivity contribution < 1.29 is 0 Å². The third-order valence-electron chi connectivity index (χ3n) is 1.83. The average molecular weight is 239 g/mol. The molecule has 0 fully saturated rings. The van der Waals surface area contributed by atoms with E-state index in [1.54, 1.807) is 0 Å². The molecular weight excluding hydrogens is 228 g/mol. The maximum absolute atomic E-state index is 8.37. The number of halogens is 1. The molecule has 1 unspecified atom stereocenters. The van der Waals surface area contributed by atoms with Gasteiger partial charge in [-0.2, -0.15) is 5.26 Å². The van der Waals surface area contributed by atoms with Gasteiger partial charge >= 0.3 is 0 Å². The van der Waals surface area contributed by atoms with Crippen LogP contribution in [0.5, 0.6) is 0 Å². The third-order valence-corrected chi connectivity index (χ3v) is 3.01. The molecule has 0 aliphatic heterocycles. The van der Waals surface area contributed by atoms with Gasteiger partial charge < -0.3 is 0 Å². The molecule has 1 aromatic rings. The van der Waals surface area contributed by atoms with Crippen LogP contribution in [0.2, 0.25) is 0 Å². The van der Waals surface area contributed by atoms with E-state index in [-0.39, 0.29) is 0 Å². The zero-order valence-electron chi connectivity index (χ0n) is 7.42. The molecule has 1 rings (SSSR count). The van der Waals surface area contributed by atoms with E-state index in [4.69, 9.17) is 5.26 Å². The minimum absolute atomic E-state index is 0.406. The van der Waals surface area contributed by atoms with Crippen molar-refractivity contribution in [3.63, 3.8) is 0 Å². The maximum Gasteiger partial charge on any atom is 0.181 e. The molecule has 1 atom stereocenters. The smallest absolute Gasteiger partial charge is 0.181 e. The second-order valence-corrected chi connectivity index (χ2v) is 3.84. The molecule has 2 nitrogen and oxygen atoms in total. The van der Waals surface area contributed by atoms with Crippen LogP contribution in [-0.2, 0) is 0 Å². The van der Waals surface area contributed by atoms with Gasteiger partial charge in [0.15, 0.2) is 6.19 Å². The number of hydrogen-bond donors (Lipinski definition) is 1. The number of nitriles is 1. The van der Waals surface area contributed by atoms with Crippen LogP contribution in [0.25, 0.3) is 0 Å². The van der Waals surface area contributed by atoms with Crippen LogP contribution < -0.4 is 5.32 Å². The van der Waals surface area contributed by atoms with Gasteiger partial charge in [-0.05, 0) is 24.1 Å². The standard InChI is InChI=1S/C10H11BrN2/c1-2-10(11)8-3-5-9(6-4-8)13-7-12/h3-6,10,13H,2H2,1H3. The lowest BCUT2D eigenvalue weighted by atomic mass is 10.1. The van der Waals surface area contributed by atoms with E-state index in [2.05, 4.69) is 28.2 Å². The zero-order valence-corrected chi connectivity index (χ0v) is 9.01. The molecular formula is C10H11BrN2. The van der Waals surface area contributed by atoms with Gasteiger partial charge in [0, 0.05) is 10.5 Å². The van der Waals surface area contributed by atoms with Crippen molar-refractivity contribution in [3.05, 3.63) is 29.8 Å². The van der Waals surface area contributed by atoms with E-state index in [0.717, 1.165) is 12.1 Å². The number of hydrogen-bond acceptors (Lipinski definition) is 2. The lowest BCUT2D eigenvalue weighted by Crippen LogP contribution is -1.90. The molecule has 68 valence electrons. The van der Waals surface area contributed by atoms with E-state index in [0.29, 0.717) is 4.83 Å². The van der Waals surface area contributed by atoms with Crippen LogP contribution >= 0.6 is 15.9 Å². The Labute approximate surface area is 86.7 Å². The summed E-state index contributed by atoms with van der Waals surface area (Å²) >= 11 is 3.56. The molecule has 0 heterocycles. The van der Waals surface area contributed by atoms with Crippen LogP contribution in [0.15, 0.2) is 24.3 Å². The first kappa shape index (κ1) is 10.1. The van der Waals surface area contributed by atoms with Crippen molar-refractivity contribution >= 4 is 21.6 Å². The second kappa shape index (κ2) is 4.88.